The minimum Gasteiger partial charge on any atom is -0.504 e. The molecule has 1 N–H and O–H groups in total. The lowest BCUT2D eigenvalue weighted by molar-refractivity contribution is -0.117. The van der Waals surface area contributed by atoms with Crippen LogP contribution in [0.4, 0.5) is 5.69 Å². The summed E-state index contributed by atoms with van der Waals surface area (Å²) in [5.74, 6) is 0.798. The second kappa shape index (κ2) is 4.77. The Morgan fingerprint density at radius 1 is 1.14 bits per heavy atom. The molecule has 1 fully saturated rings. The summed E-state index contributed by atoms with van der Waals surface area (Å²) in [6.07, 6.45) is 1.31. The van der Waals surface area contributed by atoms with Crippen LogP contribution in [0.25, 0.3) is 0 Å². The van der Waals surface area contributed by atoms with Gasteiger partial charge in [0.05, 0.1) is 7.11 Å². The van der Waals surface area contributed by atoms with Crippen LogP contribution in [-0.4, -0.2) is 24.2 Å². The van der Waals surface area contributed by atoms with Gasteiger partial charge >= 0.3 is 0 Å². The summed E-state index contributed by atoms with van der Waals surface area (Å²) in [6, 6.07) is 13.5. The number of anilines is 1. The van der Waals surface area contributed by atoms with E-state index in [0.29, 0.717) is 12.2 Å². The molecule has 0 bridgehead atoms. The third-order valence-electron chi connectivity index (χ3n) is 4.77. The highest BCUT2D eigenvalue weighted by Gasteiger charge is 2.46. The van der Waals surface area contributed by atoms with Crippen molar-refractivity contribution in [3.8, 4) is 11.5 Å². The number of phenols is 1. The number of hydrogen-bond donors (Lipinski definition) is 1. The summed E-state index contributed by atoms with van der Waals surface area (Å²) >= 11 is 0. The normalized spacial score (nSPS) is 22.6. The SMILES string of the molecule is COc1c(O)cccc1[C@H]1CC(=O)N2c3ccccc3C[C@H]12. The minimum absolute atomic E-state index is 0.0435. The van der Waals surface area contributed by atoms with Crippen LogP contribution >= 0.6 is 0 Å². The molecule has 2 heterocycles. The van der Waals surface area contributed by atoms with Gasteiger partial charge in [0.2, 0.25) is 5.91 Å². The second-order valence-electron chi connectivity index (χ2n) is 5.87. The van der Waals surface area contributed by atoms with Crippen LogP contribution in [0.15, 0.2) is 42.5 Å². The molecule has 112 valence electrons. The van der Waals surface area contributed by atoms with Crippen LogP contribution in [-0.2, 0) is 11.2 Å². The highest BCUT2D eigenvalue weighted by atomic mass is 16.5. The molecule has 2 aliphatic rings. The first-order valence-electron chi connectivity index (χ1n) is 7.46. The summed E-state index contributed by atoms with van der Waals surface area (Å²) in [7, 11) is 1.55. The van der Waals surface area contributed by atoms with E-state index in [1.807, 2.05) is 35.2 Å². The Hall–Kier alpha value is -2.49. The Labute approximate surface area is 128 Å². The summed E-state index contributed by atoms with van der Waals surface area (Å²) in [5.41, 5.74) is 3.15. The maximum Gasteiger partial charge on any atom is 0.227 e. The number of amides is 1. The molecule has 0 unspecified atom stereocenters. The number of rotatable bonds is 2. The van der Waals surface area contributed by atoms with Crippen molar-refractivity contribution < 1.29 is 14.6 Å². The van der Waals surface area contributed by atoms with Gasteiger partial charge in [-0.15, -0.1) is 0 Å². The number of ether oxygens (including phenoxy) is 1. The van der Waals surface area contributed by atoms with Crippen LogP contribution in [0.5, 0.6) is 11.5 Å². The molecule has 4 nitrogen and oxygen atoms in total. The van der Waals surface area contributed by atoms with E-state index in [1.54, 1.807) is 13.2 Å². The van der Waals surface area contributed by atoms with Crippen LogP contribution in [0.3, 0.4) is 0 Å². The molecule has 1 amide bonds. The van der Waals surface area contributed by atoms with Crippen molar-refractivity contribution in [3.05, 3.63) is 53.6 Å². The number of hydrogen-bond acceptors (Lipinski definition) is 3. The number of phenolic OH excluding ortho intramolecular Hbond substituents is 1. The van der Waals surface area contributed by atoms with Crippen molar-refractivity contribution in [2.24, 2.45) is 0 Å². The molecule has 2 aromatic rings. The zero-order valence-electron chi connectivity index (χ0n) is 12.3. The first kappa shape index (κ1) is 13.2. The van der Waals surface area contributed by atoms with Gasteiger partial charge in [0.15, 0.2) is 11.5 Å². The third-order valence-corrected chi connectivity index (χ3v) is 4.77. The van der Waals surface area contributed by atoms with Crippen LogP contribution in [0, 0.1) is 0 Å². The van der Waals surface area contributed by atoms with E-state index >= 15 is 0 Å². The van der Waals surface area contributed by atoms with E-state index < -0.39 is 0 Å². The number of nitrogens with zero attached hydrogens (tertiary/aromatic N) is 1. The zero-order chi connectivity index (χ0) is 15.3. The van der Waals surface area contributed by atoms with Gasteiger partial charge in [0, 0.05) is 29.6 Å². The highest BCUT2D eigenvalue weighted by Crippen LogP contribution is 2.48. The lowest BCUT2D eigenvalue weighted by Gasteiger charge is -2.22. The molecule has 0 aliphatic carbocycles. The predicted molar refractivity (Wildman–Crippen MR) is 83.4 cm³/mol. The van der Waals surface area contributed by atoms with Gasteiger partial charge in [-0.2, -0.15) is 0 Å². The van der Waals surface area contributed by atoms with Crippen molar-refractivity contribution in [2.45, 2.75) is 24.8 Å². The largest absolute Gasteiger partial charge is 0.504 e. The van der Waals surface area contributed by atoms with Crippen LogP contribution in [0.1, 0.15) is 23.5 Å². The monoisotopic (exact) mass is 295 g/mol. The summed E-state index contributed by atoms with van der Waals surface area (Å²) < 4.78 is 5.37. The van der Waals surface area contributed by atoms with Gasteiger partial charge in [-0.05, 0) is 24.1 Å². The molecule has 1 saturated heterocycles. The van der Waals surface area contributed by atoms with E-state index in [2.05, 4.69) is 6.07 Å². The Balaban J connectivity index is 1.78. The number of carbonyl (C=O) groups excluding carboxylic acids is 1. The van der Waals surface area contributed by atoms with Crippen LogP contribution in [0.2, 0.25) is 0 Å². The second-order valence-corrected chi connectivity index (χ2v) is 5.87. The smallest absolute Gasteiger partial charge is 0.227 e. The number of fused-ring (bicyclic) bond motifs is 3. The Bertz CT molecular complexity index is 756. The molecule has 0 spiro atoms. The van der Waals surface area contributed by atoms with E-state index in [4.69, 9.17) is 4.74 Å². The lowest BCUT2D eigenvalue weighted by Crippen LogP contribution is -2.31. The van der Waals surface area contributed by atoms with E-state index in [-0.39, 0.29) is 23.6 Å². The molecule has 2 aromatic carbocycles. The molecule has 0 aromatic heterocycles. The standard InChI is InChI=1S/C18H17NO3/c1-22-18-12(6-4-8-16(18)20)13-10-17(21)19-14-7-3-2-5-11(14)9-15(13)19/h2-8,13,15,20H,9-10H2,1H3/t13-,15-/m1/s1. The maximum absolute atomic E-state index is 12.5. The molecule has 0 saturated carbocycles. The minimum atomic E-state index is 0.0435. The maximum atomic E-state index is 12.5. The van der Waals surface area contributed by atoms with Gasteiger partial charge < -0.3 is 14.7 Å². The number of carbonyl (C=O) groups is 1. The fourth-order valence-corrected chi connectivity index (χ4v) is 3.85. The van der Waals surface area contributed by atoms with Gasteiger partial charge in [0.1, 0.15) is 0 Å². The van der Waals surface area contributed by atoms with E-state index in [0.717, 1.165) is 17.7 Å². The van der Waals surface area contributed by atoms with Crippen molar-refractivity contribution in [1.82, 2.24) is 0 Å². The van der Waals surface area contributed by atoms with Gasteiger partial charge in [0.25, 0.3) is 0 Å². The Morgan fingerprint density at radius 3 is 2.77 bits per heavy atom. The highest BCUT2D eigenvalue weighted by molar-refractivity contribution is 6.00. The van der Waals surface area contributed by atoms with Crippen molar-refractivity contribution >= 4 is 11.6 Å². The number of methoxy groups -OCH3 is 1. The number of benzene rings is 2. The summed E-state index contributed by atoms with van der Waals surface area (Å²) in [4.78, 5) is 14.4. The summed E-state index contributed by atoms with van der Waals surface area (Å²) in [5, 5.41) is 10.0. The number of para-hydroxylation sites is 2. The fraction of sp³-hybridized carbons (Fsp3) is 0.278. The first-order chi connectivity index (χ1) is 10.7. The molecular weight excluding hydrogens is 278 g/mol. The van der Waals surface area contributed by atoms with Gasteiger partial charge in [-0.3, -0.25) is 4.79 Å². The summed E-state index contributed by atoms with van der Waals surface area (Å²) in [6.45, 7) is 0. The molecule has 2 atom stereocenters. The van der Waals surface area contributed by atoms with E-state index in [1.165, 1.54) is 5.56 Å². The van der Waals surface area contributed by atoms with Gasteiger partial charge in [-0.25, -0.2) is 0 Å². The average Bonchev–Trinajstić information content (AvgIpc) is 3.05. The Kier molecular flexibility index (Phi) is 2.86. The fourth-order valence-electron chi connectivity index (χ4n) is 3.85. The molecule has 22 heavy (non-hydrogen) atoms. The van der Waals surface area contributed by atoms with Crippen molar-refractivity contribution in [3.63, 3.8) is 0 Å². The predicted octanol–water partition coefficient (Wildman–Crippen LogP) is 2.85. The van der Waals surface area contributed by atoms with Gasteiger partial charge in [-0.1, -0.05) is 30.3 Å². The Morgan fingerprint density at radius 2 is 1.95 bits per heavy atom. The molecule has 2 aliphatic heterocycles. The lowest BCUT2D eigenvalue weighted by atomic mass is 9.88. The molecular formula is C18H17NO3. The molecule has 4 rings (SSSR count). The quantitative estimate of drug-likeness (QED) is 0.927. The number of aromatic hydroxyl groups is 1. The average molecular weight is 295 g/mol. The topological polar surface area (TPSA) is 49.8 Å². The van der Waals surface area contributed by atoms with Crippen molar-refractivity contribution in [1.29, 1.82) is 0 Å². The molecule has 0 radical (unpaired) electrons. The zero-order valence-corrected chi connectivity index (χ0v) is 12.3. The molecule has 4 heteroatoms. The van der Waals surface area contributed by atoms with Crippen molar-refractivity contribution in [2.75, 3.05) is 12.0 Å². The first-order valence-corrected chi connectivity index (χ1v) is 7.46. The third kappa shape index (κ3) is 1.73. The van der Waals surface area contributed by atoms with Crippen LogP contribution < -0.4 is 9.64 Å². The van der Waals surface area contributed by atoms with E-state index in [9.17, 15) is 9.90 Å².